The highest BCUT2D eigenvalue weighted by atomic mass is 16.1. The molecule has 0 aromatic rings. The Balaban J connectivity index is 2.04. The molecule has 0 spiro atoms. The molecule has 1 fully saturated rings. The van der Waals surface area contributed by atoms with Crippen LogP contribution in [-0.2, 0) is 4.79 Å². The van der Waals surface area contributed by atoms with Gasteiger partial charge in [-0.1, -0.05) is 152 Å². The number of ketones is 1. The van der Waals surface area contributed by atoms with Crippen molar-refractivity contribution >= 4 is 5.78 Å². The highest BCUT2D eigenvalue weighted by molar-refractivity contribution is 5.79. The van der Waals surface area contributed by atoms with Crippen molar-refractivity contribution in [3.63, 3.8) is 0 Å². The van der Waals surface area contributed by atoms with Crippen molar-refractivity contribution in [3.8, 4) is 0 Å². The average Bonchev–Trinajstić information content (AvgIpc) is 3.02. The molecule has 1 nitrogen and oxygen atoms in total. The Morgan fingerprint density at radius 3 is 1.14 bits per heavy atom. The minimum Gasteiger partial charge on any atom is -0.300 e. The summed E-state index contributed by atoms with van der Waals surface area (Å²) in [6.07, 6.45) is 57.4. The van der Waals surface area contributed by atoms with E-state index in [9.17, 15) is 4.79 Å². The van der Waals surface area contributed by atoms with Crippen LogP contribution in [0.2, 0.25) is 0 Å². The fourth-order valence-corrected chi connectivity index (χ4v) is 6.66. The molecule has 0 radical (unpaired) electrons. The number of Topliss-reactive ketones (excluding diaryl/α,β-unsaturated/α-hetero) is 1. The number of hydrogen-bond acceptors (Lipinski definition) is 1. The summed E-state index contributed by atoms with van der Waals surface area (Å²) < 4.78 is 0. The first-order chi connectivity index (χ1) is 21.2. The second-order valence-electron chi connectivity index (χ2n) is 13.7. The molecule has 1 aliphatic rings. The van der Waals surface area contributed by atoms with Crippen LogP contribution in [-0.4, -0.2) is 5.78 Å². The first-order valence-corrected chi connectivity index (χ1v) is 19.3. The van der Waals surface area contributed by atoms with Gasteiger partial charge >= 0.3 is 0 Å². The lowest BCUT2D eigenvalue weighted by Crippen LogP contribution is -2.27. The third kappa shape index (κ3) is 25.6. The SMILES string of the molecule is CCCCCC=CCC=CCCCCCCCCC1(CCCCCCCCC=CCC=CCCCCC)CCC(=O)CC1. The minimum absolute atomic E-state index is 0.485. The van der Waals surface area contributed by atoms with Crippen molar-refractivity contribution in [3.05, 3.63) is 48.6 Å². The standard InChI is InChI=1S/C42H74O/c1-3-5-7-9-11-13-15-17-19-21-23-25-27-29-31-33-37-42(39-35-41(43)36-40-42)38-34-32-30-28-26-24-22-20-18-16-14-12-10-8-6-4-2/h11-14,17-20H,3-10,15-16,21-40H2,1-2H3. The molecule has 248 valence electrons. The van der Waals surface area contributed by atoms with E-state index in [1.165, 1.54) is 167 Å². The van der Waals surface area contributed by atoms with Crippen LogP contribution in [0.25, 0.3) is 0 Å². The molecule has 1 saturated carbocycles. The summed E-state index contributed by atoms with van der Waals surface area (Å²) in [6, 6.07) is 0. The van der Waals surface area contributed by atoms with Gasteiger partial charge in [0.15, 0.2) is 0 Å². The third-order valence-corrected chi connectivity index (χ3v) is 9.68. The topological polar surface area (TPSA) is 17.1 Å². The zero-order valence-electron chi connectivity index (χ0n) is 29.2. The fraction of sp³-hybridized carbons (Fsp3) is 0.786. The molecule has 0 heterocycles. The van der Waals surface area contributed by atoms with E-state index >= 15 is 0 Å². The average molecular weight is 595 g/mol. The molecule has 0 saturated heterocycles. The molecule has 1 rings (SSSR count). The minimum atomic E-state index is 0.485. The molecule has 0 atom stereocenters. The smallest absolute Gasteiger partial charge is 0.132 e. The monoisotopic (exact) mass is 595 g/mol. The first-order valence-electron chi connectivity index (χ1n) is 19.3. The molecule has 0 aromatic heterocycles. The van der Waals surface area contributed by atoms with Crippen molar-refractivity contribution in [1.82, 2.24) is 0 Å². The second-order valence-corrected chi connectivity index (χ2v) is 13.7. The molecule has 1 aliphatic carbocycles. The Bertz CT molecular complexity index is 663. The van der Waals surface area contributed by atoms with Gasteiger partial charge < -0.3 is 0 Å². The molecular weight excluding hydrogens is 520 g/mol. The van der Waals surface area contributed by atoms with Gasteiger partial charge in [0.25, 0.3) is 0 Å². The molecule has 0 amide bonds. The van der Waals surface area contributed by atoms with Gasteiger partial charge in [-0.15, -0.1) is 0 Å². The summed E-state index contributed by atoms with van der Waals surface area (Å²) in [5.41, 5.74) is 0.485. The van der Waals surface area contributed by atoms with Gasteiger partial charge in [-0.05, 0) is 95.3 Å². The van der Waals surface area contributed by atoms with Crippen LogP contribution in [0.5, 0.6) is 0 Å². The van der Waals surface area contributed by atoms with Crippen molar-refractivity contribution in [2.75, 3.05) is 0 Å². The normalized spacial score (nSPS) is 15.7. The van der Waals surface area contributed by atoms with E-state index in [4.69, 9.17) is 0 Å². The lowest BCUT2D eigenvalue weighted by atomic mass is 9.67. The van der Waals surface area contributed by atoms with Gasteiger partial charge in [0, 0.05) is 12.8 Å². The van der Waals surface area contributed by atoms with Gasteiger partial charge in [-0.3, -0.25) is 4.79 Å². The first kappa shape index (κ1) is 39.7. The van der Waals surface area contributed by atoms with Crippen molar-refractivity contribution in [1.29, 1.82) is 0 Å². The predicted octanol–water partition coefficient (Wildman–Crippen LogP) is 14.5. The lowest BCUT2D eigenvalue weighted by molar-refractivity contribution is -0.122. The molecule has 0 N–H and O–H groups in total. The van der Waals surface area contributed by atoms with Gasteiger partial charge in [-0.2, -0.15) is 0 Å². The Hall–Kier alpha value is -1.37. The zero-order valence-corrected chi connectivity index (χ0v) is 29.2. The summed E-state index contributed by atoms with van der Waals surface area (Å²) in [7, 11) is 0. The number of rotatable bonds is 30. The molecule has 0 aromatic carbocycles. The quantitative estimate of drug-likeness (QED) is 0.0597. The van der Waals surface area contributed by atoms with Crippen LogP contribution in [0.3, 0.4) is 0 Å². The molecule has 0 unspecified atom stereocenters. The van der Waals surface area contributed by atoms with E-state index in [0.717, 1.165) is 25.7 Å². The van der Waals surface area contributed by atoms with E-state index in [1.807, 2.05) is 0 Å². The van der Waals surface area contributed by atoms with E-state index in [-0.39, 0.29) is 0 Å². The molecule has 0 bridgehead atoms. The third-order valence-electron chi connectivity index (χ3n) is 9.68. The van der Waals surface area contributed by atoms with Crippen LogP contribution < -0.4 is 0 Å². The van der Waals surface area contributed by atoms with Crippen molar-refractivity contribution < 1.29 is 4.79 Å². The molecule has 43 heavy (non-hydrogen) atoms. The van der Waals surface area contributed by atoms with E-state index in [0.29, 0.717) is 11.2 Å². The number of hydrogen-bond donors (Lipinski definition) is 0. The molecular formula is C42H74O. The number of unbranched alkanes of at least 4 members (excludes halogenated alkanes) is 18. The maximum absolute atomic E-state index is 12.0. The number of carbonyl (C=O) groups excluding carboxylic acids is 1. The molecule has 0 aliphatic heterocycles. The van der Waals surface area contributed by atoms with Crippen molar-refractivity contribution in [2.24, 2.45) is 5.41 Å². The Morgan fingerprint density at radius 1 is 0.442 bits per heavy atom. The Kier molecular flexibility index (Phi) is 28.3. The van der Waals surface area contributed by atoms with Crippen LogP contribution in [0.15, 0.2) is 48.6 Å². The van der Waals surface area contributed by atoms with Crippen LogP contribution in [0.1, 0.15) is 206 Å². The van der Waals surface area contributed by atoms with Gasteiger partial charge in [0.1, 0.15) is 5.78 Å². The highest BCUT2D eigenvalue weighted by Crippen LogP contribution is 2.44. The molecule has 1 heteroatoms. The van der Waals surface area contributed by atoms with Crippen molar-refractivity contribution in [2.45, 2.75) is 206 Å². The maximum Gasteiger partial charge on any atom is 0.132 e. The largest absolute Gasteiger partial charge is 0.300 e. The second kappa shape index (κ2) is 30.6. The maximum atomic E-state index is 12.0. The Labute approximate surface area is 270 Å². The summed E-state index contributed by atoms with van der Waals surface area (Å²) in [4.78, 5) is 12.0. The van der Waals surface area contributed by atoms with Crippen LogP contribution in [0, 0.1) is 5.41 Å². The number of carbonyl (C=O) groups is 1. The van der Waals surface area contributed by atoms with Gasteiger partial charge in [0.2, 0.25) is 0 Å². The fourth-order valence-electron chi connectivity index (χ4n) is 6.66. The summed E-state index contributed by atoms with van der Waals surface area (Å²) in [5.74, 6) is 0.518. The summed E-state index contributed by atoms with van der Waals surface area (Å²) in [5, 5.41) is 0. The van der Waals surface area contributed by atoms with Gasteiger partial charge in [0.05, 0.1) is 0 Å². The van der Waals surface area contributed by atoms with Crippen LogP contribution >= 0.6 is 0 Å². The summed E-state index contributed by atoms with van der Waals surface area (Å²) in [6.45, 7) is 4.54. The Morgan fingerprint density at radius 2 is 0.767 bits per heavy atom. The zero-order chi connectivity index (χ0) is 30.9. The summed E-state index contributed by atoms with van der Waals surface area (Å²) >= 11 is 0. The van der Waals surface area contributed by atoms with E-state index in [2.05, 4.69) is 62.5 Å². The van der Waals surface area contributed by atoms with Crippen LogP contribution in [0.4, 0.5) is 0 Å². The lowest BCUT2D eigenvalue weighted by Gasteiger charge is -2.37. The predicted molar refractivity (Wildman–Crippen MR) is 194 cm³/mol. The van der Waals surface area contributed by atoms with Gasteiger partial charge in [-0.25, -0.2) is 0 Å². The highest BCUT2D eigenvalue weighted by Gasteiger charge is 2.33. The van der Waals surface area contributed by atoms with E-state index in [1.54, 1.807) is 0 Å². The number of allylic oxidation sites excluding steroid dienone is 8. The van der Waals surface area contributed by atoms with E-state index < -0.39 is 0 Å².